The van der Waals surface area contributed by atoms with Crippen LogP contribution in [0.5, 0.6) is 0 Å². The number of hydrogen-bond donors (Lipinski definition) is 2. The Kier molecular flexibility index (Phi) is 6.14. The highest BCUT2D eigenvalue weighted by atomic mass is 16.5. The fourth-order valence-electron chi connectivity index (χ4n) is 4.06. The molecule has 2 aromatic heterocycles. The first-order chi connectivity index (χ1) is 16.2. The molecule has 1 amide bonds. The second-order valence-corrected chi connectivity index (χ2v) is 8.13. The van der Waals surface area contributed by atoms with E-state index in [1.807, 2.05) is 41.4 Å². The van der Waals surface area contributed by atoms with E-state index in [-0.39, 0.29) is 12.5 Å². The highest BCUT2D eigenvalue weighted by molar-refractivity contribution is 5.94. The van der Waals surface area contributed by atoms with E-state index >= 15 is 0 Å². The minimum absolute atomic E-state index is 0.0165. The maximum absolute atomic E-state index is 12.6. The van der Waals surface area contributed by atoms with Crippen LogP contribution in [0.2, 0.25) is 0 Å². The number of hydrogen-bond acceptors (Lipinski definition) is 6. The number of aromatic nitrogens is 5. The zero-order chi connectivity index (χ0) is 22.6. The first-order valence-corrected chi connectivity index (χ1v) is 11.2. The second kappa shape index (κ2) is 9.51. The first-order valence-electron chi connectivity index (χ1n) is 11.2. The minimum Gasteiger partial charge on any atom is -0.396 e. The Morgan fingerprint density at radius 2 is 1.91 bits per heavy atom. The number of benzene rings is 2. The summed E-state index contributed by atoms with van der Waals surface area (Å²) in [6, 6.07) is 13.6. The SMILES string of the molecule is O=C(c1ccc(-n2cc(-c3n[nH]c4cc(CCCCO)ccc34)nn2)cc1)N1CCOCC1. The van der Waals surface area contributed by atoms with E-state index in [4.69, 9.17) is 9.84 Å². The number of nitrogens with one attached hydrogen (secondary N) is 1. The van der Waals surface area contributed by atoms with Gasteiger partial charge in [-0.2, -0.15) is 5.10 Å². The molecule has 2 aromatic carbocycles. The summed E-state index contributed by atoms with van der Waals surface area (Å²) >= 11 is 0. The van der Waals surface area contributed by atoms with Gasteiger partial charge in [-0.1, -0.05) is 17.3 Å². The predicted octanol–water partition coefficient (Wildman–Crippen LogP) is 2.60. The number of nitrogens with zero attached hydrogens (tertiary/aromatic N) is 5. The van der Waals surface area contributed by atoms with Gasteiger partial charge in [0, 0.05) is 30.6 Å². The Morgan fingerprint density at radius 3 is 2.70 bits per heavy atom. The number of aliphatic hydroxyl groups excluding tert-OH is 1. The first kappa shape index (κ1) is 21.3. The van der Waals surface area contributed by atoms with Crippen LogP contribution in [0.25, 0.3) is 28.0 Å². The molecule has 0 atom stereocenters. The van der Waals surface area contributed by atoms with Gasteiger partial charge in [-0.3, -0.25) is 9.89 Å². The van der Waals surface area contributed by atoms with Crippen molar-refractivity contribution in [2.24, 2.45) is 0 Å². The quantitative estimate of drug-likeness (QED) is 0.423. The van der Waals surface area contributed by atoms with Crippen LogP contribution in [-0.2, 0) is 11.2 Å². The zero-order valence-electron chi connectivity index (χ0n) is 18.3. The molecule has 2 N–H and O–H groups in total. The molecule has 1 fully saturated rings. The fraction of sp³-hybridized carbons (Fsp3) is 0.333. The van der Waals surface area contributed by atoms with Crippen LogP contribution in [-0.4, -0.2) is 74.0 Å². The summed E-state index contributed by atoms with van der Waals surface area (Å²) in [6.45, 7) is 2.62. The Balaban J connectivity index is 1.32. The van der Waals surface area contributed by atoms with E-state index in [0.29, 0.717) is 37.6 Å². The smallest absolute Gasteiger partial charge is 0.254 e. The van der Waals surface area contributed by atoms with Gasteiger partial charge >= 0.3 is 0 Å². The molecule has 33 heavy (non-hydrogen) atoms. The van der Waals surface area contributed by atoms with Crippen LogP contribution in [0.3, 0.4) is 0 Å². The number of H-pyrrole nitrogens is 1. The van der Waals surface area contributed by atoms with Crippen molar-refractivity contribution in [3.05, 3.63) is 59.8 Å². The third kappa shape index (κ3) is 4.50. The van der Waals surface area contributed by atoms with Crippen molar-refractivity contribution in [1.82, 2.24) is 30.1 Å². The normalized spacial score (nSPS) is 14.2. The maximum atomic E-state index is 12.6. The van der Waals surface area contributed by atoms with Crippen molar-refractivity contribution in [1.29, 1.82) is 0 Å². The van der Waals surface area contributed by atoms with Crippen molar-refractivity contribution >= 4 is 16.8 Å². The van der Waals surface area contributed by atoms with Gasteiger partial charge in [0.15, 0.2) is 0 Å². The summed E-state index contributed by atoms with van der Waals surface area (Å²) in [5, 5.41) is 26.1. The number of aromatic amines is 1. The molecular formula is C24H26N6O3. The molecule has 5 rings (SSSR count). The van der Waals surface area contributed by atoms with Gasteiger partial charge in [0.25, 0.3) is 5.91 Å². The van der Waals surface area contributed by atoms with E-state index in [9.17, 15) is 4.79 Å². The zero-order valence-corrected chi connectivity index (χ0v) is 18.3. The Hall–Kier alpha value is -3.56. The van der Waals surface area contributed by atoms with Gasteiger partial charge in [-0.25, -0.2) is 4.68 Å². The third-order valence-electron chi connectivity index (χ3n) is 5.91. The molecule has 1 aliphatic rings. The van der Waals surface area contributed by atoms with Crippen LogP contribution in [0, 0.1) is 0 Å². The molecule has 9 heteroatoms. The highest BCUT2D eigenvalue weighted by Crippen LogP contribution is 2.26. The summed E-state index contributed by atoms with van der Waals surface area (Å²) < 4.78 is 7.00. The van der Waals surface area contributed by atoms with Crippen LogP contribution >= 0.6 is 0 Å². The van der Waals surface area contributed by atoms with E-state index < -0.39 is 0 Å². The molecular weight excluding hydrogens is 420 g/mol. The van der Waals surface area contributed by atoms with Crippen LogP contribution < -0.4 is 0 Å². The number of unbranched alkanes of at least 4 members (excludes halogenated alkanes) is 1. The Morgan fingerprint density at radius 1 is 1.09 bits per heavy atom. The summed E-state index contributed by atoms with van der Waals surface area (Å²) in [4.78, 5) is 14.5. The number of carbonyl (C=O) groups excluding carboxylic acids is 1. The fourth-order valence-corrected chi connectivity index (χ4v) is 4.06. The van der Waals surface area contributed by atoms with Gasteiger partial charge in [-0.05, 0) is 55.2 Å². The lowest BCUT2D eigenvalue weighted by Gasteiger charge is -2.26. The molecule has 3 heterocycles. The number of fused-ring (bicyclic) bond motifs is 1. The van der Waals surface area contributed by atoms with Crippen molar-refractivity contribution in [2.75, 3.05) is 32.9 Å². The lowest BCUT2D eigenvalue weighted by Crippen LogP contribution is -2.40. The van der Waals surface area contributed by atoms with Crippen molar-refractivity contribution in [3.63, 3.8) is 0 Å². The van der Waals surface area contributed by atoms with Crippen LogP contribution in [0.1, 0.15) is 28.8 Å². The number of morpholine rings is 1. The Bertz CT molecular complexity index is 1240. The average molecular weight is 447 g/mol. The largest absolute Gasteiger partial charge is 0.396 e. The third-order valence-corrected chi connectivity index (χ3v) is 5.91. The molecule has 0 spiro atoms. The molecule has 1 aliphatic heterocycles. The van der Waals surface area contributed by atoms with Gasteiger partial charge in [0.05, 0.1) is 30.6 Å². The number of aryl methyl sites for hydroxylation is 1. The standard InChI is InChI=1S/C24H26N6O3/c31-12-2-1-3-17-4-9-20-21(15-17)25-27-23(20)22-16-30(28-26-22)19-7-5-18(6-8-19)24(32)29-10-13-33-14-11-29/h4-9,15-16,31H,1-3,10-14H2,(H,25,27). The van der Waals surface area contributed by atoms with Gasteiger partial charge in [0.1, 0.15) is 11.4 Å². The van der Waals surface area contributed by atoms with E-state index in [2.05, 4.69) is 32.6 Å². The lowest BCUT2D eigenvalue weighted by atomic mass is 10.1. The van der Waals surface area contributed by atoms with Crippen LogP contribution in [0.15, 0.2) is 48.7 Å². The number of carbonyl (C=O) groups is 1. The topological polar surface area (TPSA) is 109 Å². The summed E-state index contributed by atoms with van der Waals surface area (Å²) in [5.41, 5.74) is 5.04. The highest BCUT2D eigenvalue weighted by Gasteiger charge is 2.19. The van der Waals surface area contributed by atoms with Gasteiger partial charge in [0.2, 0.25) is 0 Å². The molecule has 0 bridgehead atoms. The summed E-state index contributed by atoms with van der Waals surface area (Å²) in [5.74, 6) is 0.0165. The molecule has 4 aromatic rings. The monoisotopic (exact) mass is 446 g/mol. The summed E-state index contributed by atoms with van der Waals surface area (Å²) in [6.07, 6.45) is 4.51. The van der Waals surface area contributed by atoms with Crippen molar-refractivity contribution in [2.45, 2.75) is 19.3 Å². The van der Waals surface area contributed by atoms with E-state index in [1.165, 1.54) is 5.56 Å². The van der Waals surface area contributed by atoms with Crippen molar-refractivity contribution in [3.8, 4) is 17.1 Å². The summed E-state index contributed by atoms with van der Waals surface area (Å²) in [7, 11) is 0. The number of amides is 1. The number of rotatable bonds is 7. The minimum atomic E-state index is 0.0165. The van der Waals surface area contributed by atoms with E-state index in [1.54, 1.807) is 4.68 Å². The maximum Gasteiger partial charge on any atom is 0.254 e. The number of ether oxygens (including phenoxy) is 1. The molecule has 0 unspecified atom stereocenters. The molecule has 1 saturated heterocycles. The Labute approximate surface area is 191 Å². The van der Waals surface area contributed by atoms with Gasteiger partial charge < -0.3 is 14.7 Å². The number of aliphatic hydroxyl groups is 1. The lowest BCUT2D eigenvalue weighted by molar-refractivity contribution is 0.0303. The molecule has 0 saturated carbocycles. The molecule has 0 aliphatic carbocycles. The average Bonchev–Trinajstić information content (AvgIpc) is 3.51. The van der Waals surface area contributed by atoms with Gasteiger partial charge in [-0.15, -0.1) is 5.10 Å². The molecule has 9 nitrogen and oxygen atoms in total. The predicted molar refractivity (Wildman–Crippen MR) is 123 cm³/mol. The van der Waals surface area contributed by atoms with E-state index in [0.717, 1.165) is 41.5 Å². The van der Waals surface area contributed by atoms with Crippen molar-refractivity contribution < 1.29 is 14.6 Å². The molecule has 0 radical (unpaired) electrons. The molecule has 170 valence electrons. The van der Waals surface area contributed by atoms with Crippen LogP contribution in [0.4, 0.5) is 0 Å². The second-order valence-electron chi connectivity index (χ2n) is 8.13.